The van der Waals surface area contributed by atoms with Gasteiger partial charge in [-0.15, -0.1) is 0 Å². The first kappa shape index (κ1) is 20.5. The van der Waals surface area contributed by atoms with Crippen LogP contribution in [-0.4, -0.2) is 51.7 Å². The number of nitrogens with zero attached hydrogens (tertiary/aromatic N) is 5. The summed E-state index contributed by atoms with van der Waals surface area (Å²) in [6.45, 7) is 11.1. The number of anilines is 1. The van der Waals surface area contributed by atoms with Crippen molar-refractivity contribution in [2.45, 2.75) is 64.3 Å². The largest absolute Gasteiger partial charge is 0.354 e. The summed E-state index contributed by atoms with van der Waals surface area (Å²) < 4.78 is 2.06. The SMILES string of the molecule is CC(C)(C)c1cc(N2CCN(C3CCCCC3)CC2)n2ncc(-c3ccccc3)c2n1. The molecule has 1 saturated heterocycles. The predicted molar refractivity (Wildman–Crippen MR) is 128 cm³/mol. The van der Waals surface area contributed by atoms with E-state index in [1.165, 1.54) is 43.5 Å². The number of piperazine rings is 1. The van der Waals surface area contributed by atoms with E-state index >= 15 is 0 Å². The van der Waals surface area contributed by atoms with Crippen LogP contribution in [0.4, 0.5) is 5.82 Å². The van der Waals surface area contributed by atoms with E-state index in [0.29, 0.717) is 0 Å². The van der Waals surface area contributed by atoms with E-state index in [0.717, 1.165) is 49.1 Å². The van der Waals surface area contributed by atoms with Crippen molar-refractivity contribution in [3.05, 3.63) is 48.3 Å². The van der Waals surface area contributed by atoms with Crippen LogP contribution in [-0.2, 0) is 5.41 Å². The second-order valence-corrected chi connectivity index (χ2v) is 10.2. The molecule has 0 amide bonds. The molecule has 5 nitrogen and oxygen atoms in total. The average molecular weight is 418 g/mol. The summed E-state index contributed by atoms with van der Waals surface area (Å²) in [5, 5.41) is 4.80. The van der Waals surface area contributed by atoms with Crippen LogP contribution in [0, 0.1) is 0 Å². The fourth-order valence-electron chi connectivity index (χ4n) is 5.14. The molecule has 0 unspecified atom stereocenters. The molecular weight excluding hydrogens is 382 g/mol. The van der Waals surface area contributed by atoms with Gasteiger partial charge >= 0.3 is 0 Å². The number of benzene rings is 1. The molecule has 3 aromatic rings. The standard InChI is InChI=1S/C26H35N5/c1-26(2,3)23-18-24(30-16-14-29(15-17-30)21-12-8-5-9-13-21)31-25(28-23)22(19-27-31)20-10-6-4-7-11-20/h4,6-7,10-11,18-19,21H,5,8-9,12-17H2,1-3H3. The summed E-state index contributed by atoms with van der Waals surface area (Å²) in [5.41, 5.74) is 4.35. The van der Waals surface area contributed by atoms with E-state index in [-0.39, 0.29) is 5.41 Å². The highest BCUT2D eigenvalue weighted by atomic mass is 15.4. The summed E-state index contributed by atoms with van der Waals surface area (Å²) in [6.07, 6.45) is 8.97. The van der Waals surface area contributed by atoms with E-state index in [1.807, 2.05) is 6.20 Å². The van der Waals surface area contributed by atoms with Crippen molar-refractivity contribution in [3.63, 3.8) is 0 Å². The van der Waals surface area contributed by atoms with E-state index < -0.39 is 0 Å². The molecule has 2 fully saturated rings. The van der Waals surface area contributed by atoms with Crippen LogP contribution in [0.25, 0.3) is 16.8 Å². The van der Waals surface area contributed by atoms with Crippen molar-refractivity contribution in [2.24, 2.45) is 0 Å². The van der Waals surface area contributed by atoms with Crippen molar-refractivity contribution < 1.29 is 0 Å². The lowest BCUT2D eigenvalue weighted by Gasteiger charge is -2.41. The Hall–Kier alpha value is -2.40. The quantitative estimate of drug-likeness (QED) is 0.591. The molecule has 31 heavy (non-hydrogen) atoms. The number of hydrogen-bond acceptors (Lipinski definition) is 4. The Morgan fingerprint density at radius 2 is 1.61 bits per heavy atom. The van der Waals surface area contributed by atoms with Crippen LogP contribution in [0.2, 0.25) is 0 Å². The van der Waals surface area contributed by atoms with Crippen LogP contribution >= 0.6 is 0 Å². The number of fused-ring (bicyclic) bond motifs is 1. The zero-order valence-corrected chi connectivity index (χ0v) is 19.2. The molecule has 1 aliphatic carbocycles. The van der Waals surface area contributed by atoms with Crippen LogP contribution in [0.1, 0.15) is 58.6 Å². The number of rotatable bonds is 3. The molecule has 0 atom stereocenters. The van der Waals surface area contributed by atoms with Crippen LogP contribution in [0.15, 0.2) is 42.6 Å². The Morgan fingerprint density at radius 1 is 0.903 bits per heavy atom. The fraction of sp³-hybridized carbons (Fsp3) is 0.538. The van der Waals surface area contributed by atoms with E-state index in [4.69, 9.17) is 10.1 Å². The zero-order chi connectivity index (χ0) is 21.4. The summed E-state index contributed by atoms with van der Waals surface area (Å²) >= 11 is 0. The molecular formula is C26H35N5. The molecule has 5 heteroatoms. The number of aromatic nitrogens is 3. The van der Waals surface area contributed by atoms with Crippen molar-refractivity contribution >= 4 is 11.5 Å². The van der Waals surface area contributed by atoms with Gasteiger partial charge in [-0.2, -0.15) is 9.61 Å². The Kier molecular flexibility index (Phi) is 5.47. The second-order valence-electron chi connectivity index (χ2n) is 10.2. The maximum absolute atomic E-state index is 5.09. The van der Waals surface area contributed by atoms with Gasteiger partial charge in [-0.1, -0.05) is 70.4 Å². The lowest BCUT2D eigenvalue weighted by Crippen LogP contribution is -2.51. The topological polar surface area (TPSA) is 36.7 Å². The van der Waals surface area contributed by atoms with Gasteiger partial charge in [0.25, 0.3) is 0 Å². The lowest BCUT2D eigenvalue weighted by molar-refractivity contribution is 0.147. The van der Waals surface area contributed by atoms with Gasteiger partial charge in [0, 0.05) is 49.3 Å². The minimum Gasteiger partial charge on any atom is -0.354 e. The number of hydrogen-bond donors (Lipinski definition) is 0. The summed E-state index contributed by atoms with van der Waals surface area (Å²) in [4.78, 5) is 10.3. The smallest absolute Gasteiger partial charge is 0.165 e. The Bertz CT molecular complexity index is 1020. The minimum atomic E-state index is -0.0152. The first-order chi connectivity index (χ1) is 15.0. The monoisotopic (exact) mass is 417 g/mol. The molecule has 0 N–H and O–H groups in total. The molecule has 0 bridgehead atoms. The Balaban J connectivity index is 1.49. The van der Waals surface area contributed by atoms with E-state index in [1.54, 1.807) is 0 Å². The van der Waals surface area contributed by atoms with Gasteiger partial charge in [0.2, 0.25) is 0 Å². The first-order valence-corrected chi connectivity index (χ1v) is 11.9. The predicted octanol–water partition coefficient (Wildman–Crippen LogP) is 5.15. The Morgan fingerprint density at radius 3 is 2.29 bits per heavy atom. The molecule has 0 spiro atoms. The maximum atomic E-state index is 5.09. The van der Waals surface area contributed by atoms with Gasteiger partial charge in [0.05, 0.1) is 11.9 Å². The molecule has 2 aromatic heterocycles. The molecule has 1 aromatic carbocycles. The molecule has 5 rings (SSSR count). The fourth-order valence-corrected chi connectivity index (χ4v) is 5.14. The first-order valence-electron chi connectivity index (χ1n) is 11.9. The Labute approximate surface area is 186 Å². The molecule has 164 valence electrons. The van der Waals surface area contributed by atoms with Gasteiger partial charge in [0.15, 0.2) is 5.65 Å². The summed E-state index contributed by atoms with van der Waals surface area (Å²) in [5.74, 6) is 1.18. The molecule has 2 aliphatic rings. The third-order valence-corrected chi connectivity index (χ3v) is 7.04. The highest BCUT2D eigenvalue weighted by molar-refractivity contribution is 5.78. The third kappa shape index (κ3) is 4.08. The highest BCUT2D eigenvalue weighted by Crippen LogP contribution is 2.32. The second kappa shape index (κ2) is 8.27. The molecule has 3 heterocycles. The van der Waals surface area contributed by atoms with Gasteiger partial charge in [-0.25, -0.2) is 4.98 Å². The van der Waals surface area contributed by atoms with Gasteiger partial charge in [-0.3, -0.25) is 4.90 Å². The van der Waals surface area contributed by atoms with Crippen LogP contribution < -0.4 is 4.90 Å². The van der Waals surface area contributed by atoms with Crippen molar-refractivity contribution in [2.75, 3.05) is 31.1 Å². The van der Waals surface area contributed by atoms with Gasteiger partial charge in [0.1, 0.15) is 5.82 Å². The van der Waals surface area contributed by atoms with Crippen molar-refractivity contribution in [1.29, 1.82) is 0 Å². The summed E-state index contributed by atoms with van der Waals surface area (Å²) in [6, 6.07) is 13.6. The van der Waals surface area contributed by atoms with Crippen molar-refractivity contribution in [1.82, 2.24) is 19.5 Å². The van der Waals surface area contributed by atoms with Crippen molar-refractivity contribution in [3.8, 4) is 11.1 Å². The minimum absolute atomic E-state index is 0.0152. The van der Waals surface area contributed by atoms with E-state index in [9.17, 15) is 0 Å². The van der Waals surface area contributed by atoms with Gasteiger partial charge < -0.3 is 4.90 Å². The van der Waals surface area contributed by atoms with Crippen LogP contribution in [0.3, 0.4) is 0 Å². The third-order valence-electron chi connectivity index (χ3n) is 7.04. The molecule has 1 saturated carbocycles. The van der Waals surface area contributed by atoms with Crippen LogP contribution in [0.5, 0.6) is 0 Å². The highest BCUT2D eigenvalue weighted by Gasteiger charge is 2.28. The lowest BCUT2D eigenvalue weighted by atomic mass is 9.91. The molecule has 1 aliphatic heterocycles. The zero-order valence-electron chi connectivity index (χ0n) is 19.2. The van der Waals surface area contributed by atoms with E-state index in [2.05, 4.69) is 71.5 Å². The normalized spacial score (nSPS) is 19.3. The van der Waals surface area contributed by atoms with Gasteiger partial charge in [-0.05, 0) is 18.4 Å². The summed E-state index contributed by atoms with van der Waals surface area (Å²) in [7, 11) is 0. The maximum Gasteiger partial charge on any atom is 0.165 e. The average Bonchev–Trinajstić information content (AvgIpc) is 3.23. The molecule has 0 radical (unpaired) electrons.